The van der Waals surface area contributed by atoms with Crippen molar-refractivity contribution >= 4 is 35.2 Å². The first kappa shape index (κ1) is 19.7. The van der Waals surface area contributed by atoms with Gasteiger partial charge in [0.05, 0.1) is 16.9 Å². The predicted molar refractivity (Wildman–Crippen MR) is 104 cm³/mol. The second-order valence-corrected chi connectivity index (χ2v) is 6.41. The Morgan fingerprint density at radius 2 is 2.04 bits per heavy atom. The molecule has 1 heterocycles. The summed E-state index contributed by atoms with van der Waals surface area (Å²) in [5.74, 6) is -0.596. The lowest BCUT2D eigenvalue weighted by atomic mass is 10.1. The van der Waals surface area contributed by atoms with Gasteiger partial charge in [0.15, 0.2) is 0 Å². The summed E-state index contributed by atoms with van der Waals surface area (Å²) in [6.45, 7) is 6.36. The Hall–Kier alpha value is -2.60. The van der Waals surface area contributed by atoms with Crippen molar-refractivity contribution in [2.75, 3.05) is 11.9 Å². The van der Waals surface area contributed by atoms with Gasteiger partial charge in [-0.15, -0.1) is 0 Å². The van der Waals surface area contributed by atoms with Crippen LogP contribution in [0, 0.1) is 13.8 Å². The molecule has 2 rings (SSSR count). The van der Waals surface area contributed by atoms with Crippen LogP contribution in [-0.2, 0) is 11.8 Å². The van der Waals surface area contributed by atoms with E-state index >= 15 is 0 Å². The molecule has 0 spiro atoms. The van der Waals surface area contributed by atoms with E-state index in [9.17, 15) is 9.59 Å². The molecule has 0 aliphatic rings. The average molecular weight is 375 g/mol. The van der Waals surface area contributed by atoms with Crippen LogP contribution in [0.25, 0.3) is 6.08 Å². The molecule has 0 radical (unpaired) electrons. The summed E-state index contributed by atoms with van der Waals surface area (Å²) in [7, 11) is 1.85. The van der Waals surface area contributed by atoms with E-state index in [1.54, 1.807) is 29.0 Å². The van der Waals surface area contributed by atoms with Crippen molar-refractivity contribution in [1.82, 2.24) is 15.1 Å². The van der Waals surface area contributed by atoms with E-state index in [0.29, 0.717) is 22.8 Å². The molecule has 1 aromatic carbocycles. The number of nitrogens with zero attached hydrogens (tertiary/aromatic N) is 2. The zero-order valence-electron chi connectivity index (χ0n) is 15.4. The first-order chi connectivity index (χ1) is 12.3. The fourth-order valence-corrected chi connectivity index (χ4v) is 2.69. The number of carbonyl (C=O) groups is 2. The minimum Gasteiger partial charge on any atom is -0.352 e. The highest BCUT2D eigenvalue weighted by atomic mass is 35.5. The van der Waals surface area contributed by atoms with Crippen LogP contribution in [-0.4, -0.2) is 28.1 Å². The van der Waals surface area contributed by atoms with Crippen LogP contribution >= 0.6 is 11.6 Å². The highest BCUT2D eigenvalue weighted by Crippen LogP contribution is 2.21. The molecule has 0 unspecified atom stereocenters. The van der Waals surface area contributed by atoms with Gasteiger partial charge in [-0.25, -0.2) is 0 Å². The monoisotopic (exact) mass is 374 g/mol. The SMILES string of the molecule is CCCNC(=O)c1ccc(Cl)cc1NC(=O)C=Cc1c(C)nn(C)c1C. The standard InChI is InChI=1S/C19H23ClN4O2/c1-5-10-21-19(26)16-7-6-14(20)11-17(16)22-18(25)9-8-15-12(2)23-24(4)13(15)3/h6-9,11H,5,10H2,1-4H3,(H,21,26)(H,22,25). The van der Waals surface area contributed by atoms with Crippen LogP contribution in [0.5, 0.6) is 0 Å². The molecule has 0 aliphatic heterocycles. The van der Waals surface area contributed by atoms with Crippen molar-refractivity contribution in [2.45, 2.75) is 27.2 Å². The second kappa shape index (κ2) is 8.67. The fraction of sp³-hybridized carbons (Fsp3) is 0.316. The molecule has 26 heavy (non-hydrogen) atoms. The number of aryl methyl sites for hydroxylation is 2. The molecular weight excluding hydrogens is 352 g/mol. The first-order valence-corrected chi connectivity index (χ1v) is 8.78. The van der Waals surface area contributed by atoms with E-state index in [-0.39, 0.29) is 11.8 Å². The maximum absolute atomic E-state index is 12.3. The zero-order chi connectivity index (χ0) is 19.3. The Bertz CT molecular complexity index is 855. The quantitative estimate of drug-likeness (QED) is 0.760. The molecule has 1 aromatic heterocycles. The van der Waals surface area contributed by atoms with E-state index in [0.717, 1.165) is 23.4 Å². The van der Waals surface area contributed by atoms with E-state index in [1.807, 2.05) is 27.8 Å². The smallest absolute Gasteiger partial charge is 0.253 e. The Morgan fingerprint density at radius 3 is 2.65 bits per heavy atom. The summed E-state index contributed by atoms with van der Waals surface area (Å²) in [5, 5.41) is 10.3. The first-order valence-electron chi connectivity index (χ1n) is 8.40. The molecule has 2 amide bonds. The lowest BCUT2D eigenvalue weighted by Gasteiger charge is -2.10. The molecule has 0 fully saturated rings. The summed E-state index contributed by atoms with van der Waals surface area (Å²) < 4.78 is 1.76. The van der Waals surface area contributed by atoms with Crippen LogP contribution < -0.4 is 10.6 Å². The van der Waals surface area contributed by atoms with E-state index in [4.69, 9.17) is 11.6 Å². The highest BCUT2D eigenvalue weighted by molar-refractivity contribution is 6.31. The van der Waals surface area contributed by atoms with Crippen molar-refractivity contribution in [3.63, 3.8) is 0 Å². The van der Waals surface area contributed by atoms with Crippen molar-refractivity contribution in [1.29, 1.82) is 0 Å². The topological polar surface area (TPSA) is 76.0 Å². The number of benzene rings is 1. The number of aromatic nitrogens is 2. The molecule has 0 atom stereocenters. The van der Waals surface area contributed by atoms with Gasteiger partial charge in [-0.3, -0.25) is 14.3 Å². The third kappa shape index (κ3) is 4.73. The van der Waals surface area contributed by atoms with Gasteiger partial charge < -0.3 is 10.6 Å². The maximum atomic E-state index is 12.3. The molecule has 6 nitrogen and oxygen atoms in total. The highest BCUT2D eigenvalue weighted by Gasteiger charge is 2.13. The summed E-state index contributed by atoms with van der Waals surface area (Å²) in [6.07, 6.45) is 3.97. The number of nitrogens with one attached hydrogen (secondary N) is 2. The van der Waals surface area contributed by atoms with Crippen LogP contribution in [0.1, 0.15) is 40.7 Å². The second-order valence-electron chi connectivity index (χ2n) is 5.98. The van der Waals surface area contributed by atoms with E-state index < -0.39 is 0 Å². The van der Waals surface area contributed by atoms with Crippen LogP contribution in [0.2, 0.25) is 5.02 Å². The van der Waals surface area contributed by atoms with Gasteiger partial charge >= 0.3 is 0 Å². The third-order valence-corrected chi connectivity index (χ3v) is 4.22. The average Bonchev–Trinajstić information content (AvgIpc) is 2.83. The number of amides is 2. The number of rotatable bonds is 6. The molecule has 0 saturated heterocycles. The van der Waals surface area contributed by atoms with Gasteiger partial charge in [-0.1, -0.05) is 18.5 Å². The van der Waals surface area contributed by atoms with Crippen molar-refractivity contribution in [3.05, 3.63) is 51.8 Å². The maximum Gasteiger partial charge on any atom is 0.253 e. The van der Waals surface area contributed by atoms with Gasteiger partial charge in [0.1, 0.15) is 0 Å². The third-order valence-electron chi connectivity index (χ3n) is 3.99. The van der Waals surface area contributed by atoms with Crippen LogP contribution in [0.3, 0.4) is 0 Å². The van der Waals surface area contributed by atoms with Gasteiger partial charge in [0.2, 0.25) is 5.91 Å². The van der Waals surface area contributed by atoms with E-state index in [2.05, 4.69) is 15.7 Å². The number of carbonyl (C=O) groups excluding carboxylic acids is 2. The molecule has 0 aliphatic carbocycles. The molecule has 7 heteroatoms. The molecule has 2 N–H and O–H groups in total. The van der Waals surface area contributed by atoms with Crippen LogP contribution in [0.15, 0.2) is 24.3 Å². The summed E-state index contributed by atoms with van der Waals surface area (Å²) in [5.41, 5.74) is 3.46. The molecular formula is C19H23ClN4O2. The largest absolute Gasteiger partial charge is 0.352 e. The van der Waals surface area contributed by atoms with Gasteiger partial charge in [-0.2, -0.15) is 5.10 Å². The van der Waals surface area contributed by atoms with Gasteiger partial charge in [0, 0.05) is 35.9 Å². The molecule has 0 saturated carbocycles. The Labute approximate surface area is 158 Å². The number of halogens is 1. The minimum atomic E-state index is -0.348. The Balaban J connectivity index is 2.19. The zero-order valence-corrected chi connectivity index (χ0v) is 16.1. The van der Waals surface area contributed by atoms with Crippen molar-refractivity contribution in [3.8, 4) is 0 Å². The minimum absolute atomic E-state index is 0.248. The van der Waals surface area contributed by atoms with E-state index in [1.165, 1.54) is 6.08 Å². The van der Waals surface area contributed by atoms with Gasteiger partial charge in [0.25, 0.3) is 5.91 Å². The predicted octanol–water partition coefficient (Wildman–Crippen LogP) is 3.48. The normalized spacial score (nSPS) is 11.0. The lowest BCUT2D eigenvalue weighted by molar-refractivity contribution is -0.111. The summed E-state index contributed by atoms with van der Waals surface area (Å²) in [4.78, 5) is 24.6. The Kier molecular flexibility index (Phi) is 6.58. The summed E-state index contributed by atoms with van der Waals surface area (Å²) in [6, 6.07) is 4.78. The number of hydrogen-bond donors (Lipinski definition) is 2. The Morgan fingerprint density at radius 1 is 1.31 bits per heavy atom. The molecule has 138 valence electrons. The summed E-state index contributed by atoms with van der Waals surface area (Å²) >= 11 is 6.01. The number of hydrogen-bond acceptors (Lipinski definition) is 3. The molecule has 2 aromatic rings. The fourth-order valence-electron chi connectivity index (χ4n) is 2.52. The lowest BCUT2D eigenvalue weighted by Crippen LogP contribution is -2.25. The van der Waals surface area contributed by atoms with Gasteiger partial charge in [-0.05, 0) is 44.5 Å². The van der Waals surface area contributed by atoms with Crippen molar-refractivity contribution < 1.29 is 9.59 Å². The number of anilines is 1. The van der Waals surface area contributed by atoms with Crippen LogP contribution in [0.4, 0.5) is 5.69 Å². The molecule has 0 bridgehead atoms. The van der Waals surface area contributed by atoms with Crippen molar-refractivity contribution in [2.24, 2.45) is 7.05 Å².